The van der Waals surface area contributed by atoms with Crippen LogP contribution in [-0.4, -0.2) is 51.7 Å². The van der Waals surface area contributed by atoms with Crippen molar-refractivity contribution < 1.29 is 29.3 Å². The molecule has 1 aromatic heterocycles. The summed E-state index contributed by atoms with van der Waals surface area (Å²) >= 11 is 1.61. The summed E-state index contributed by atoms with van der Waals surface area (Å²) in [5, 5.41) is 25.1. The maximum atomic E-state index is 14.0. The lowest BCUT2D eigenvalue weighted by molar-refractivity contribution is -0.235. The molecule has 9 atom stereocenters. The molecule has 9 heteroatoms. The lowest BCUT2D eigenvalue weighted by atomic mass is 9.33. The summed E-state index contributed by atoms with van der Waals surface area (Å²) in [4.78, 5) is 44.1. The first-order valence-corrected chi connectivity index (χ1v) is 20.1. The Hall–Kier alpha value is -2.10. The van der Waals surface area contributed by atoms with Gasteiger partial charge in [0.15, 0.2) is 5.78 Å². The highest BCUT2D eigenvalue weighted by Crippen LogP contribution is 2.77. The first-order chi connectivity index (χ1) is 23.2. The third-order valence-electron chi connectivity index (χ3n) is 15.6. The van der Waals surface area contributed by atoms with Crippen LogP contribution in [0, 0.1) is 56.2 Å². The number of thiazole rings is 1. The molecular weight excluding hydrogens is 649 g/mol. The molecule has 9 unspecified atom stereocenters. The molecule has 6 rings (SSSR count). The number of aliphatic carboxylic acids is 1. The van der Waals surface area contributed by atoms with Gasteiger partial charge in [-0.15, -0.1) is 11.3 Å². The SMILES string of the molecule is CC(C)C1=C2C3CCC4C5(C)CCC(OC(=O)CC(C)(C)C(=O)O)C(C)(C)C5CCC4(C)C3(C)CCC2(C(O)CNCc2cncs2)CC1=O. The molecule has 8 nitrogen and oxygen atoms in total. The quantitative estimate of drug-likeness (QED) is 0.209. The average molecular weight is 711 g/mol. The van der Waals surface area contributed by atoms with Crippen LogP contribution in [-0.2, 0) is 25.7 Å². The smallest absolute Gasteiger partial charge is 0.309 e. The van der Waals surface area contributed by atoms with Gasteiger partial charge in [-0.1, -0.05) is 54.0 Å². The molecule has 0 bridgehead atoms. The summed E-state index contributed by atoms with van der Waals surface area (Å²) in [5.41, 5.74) is 2.35. The van der Waals surface area contributed by atoms with Crippen molar-refractivity contribution in [3.8, 4) is 0 Å². The number of aliphatic hydroxyl groups is 1. The third kappa shape index (κ3) is 5.66. The fraction of sp³-hybridized carbons (Fsp3) is 0.805. The highest BCUT2D eigenvalue weighted by molar-refractivity contribution is 7.09. The number of carbonyl (C=O) groups is 3. The van der Waals surface area contributed by atoms with Crippen LogP contribution < -0.4 is 5.32 Å². The van der Waals surface area contributed by atoms with E-state index in [2.05, 4.69) is 58.8 Å². The maximum absolute atomic E-state index is 14.0. The van der Waals surface area contributed by atoms with Crippen LogP contribution in [0.5, 0.6) is 0 Å². The Morgan fingerprint density at radius 2 is 1.74 bits per heavy atom. The van der Waals surface area contributed by atoms with E-state index in [4.69, 9.17) is 4.74 Å². The number of ether oxygens (including phenoxy) is 1. The van der Waals surface area contributed by atoms with Crippen molar-refractivity contribution in [3.63, 3.8) is 0 Å². The van der Waals surface area contributed by atoms with Gasteiger partial charge < -0.3 is 20.3 Å². The van der Waals surface area contributed by atoms with Crippen LogP contribution in [0.3, 0.4) is 0 Å². The number of Topliss-reactive ketones (excluding diaryl/α,β-unsaturated/α-hetero) is 1. The normalized spacial score (nSPS) is 38.6. The molecular formula is C41H62N2O6S. The standard InChI is InChI=1S/C41H62N2O6S/c1-24(2)33-27(44)18-41(30(45)22-42-20-25-21-43-23-50-25)17-16-39(8)26(34(33)41)10-11-29-38(7)14-13-31(49-32(46)19-36(3,4)35(47)48)37(5,6)28(38)12-15-40(29,39)9/h21,23-24,26,28-31,42,45H,10-20,22H2,1-9H3,(H,47,48). The average Bonchev–Trinajstić information content (AvgIpc) is 3.64. The number of aliphatic hydroxyl groups excluding tert-OH is 1. The number of rotatable bonds is 10. The number of fused-ring (bicyclic) bond motifs is 7. The van der Waals surface area contributed by atoms with Crippen molar-refractivity contribution in [1.82, 2.24) is 10.3 Å². The van der Waals surface area contributed by atoms with Gasteiger partial charge in [-0.25, -0.2) is 0 Å². The van der Waals surface area contributed by atoms with Crippen molar-refractivity contribution in [3.05, 3.63) is 27.7 Å². The molecule has 4 fully saturated rings. The molecule has 1 aromatic rings. The lowest BCUT2D eigenvalue weighted by Gasteiger charge is -2.72. The predicted molar refractivity (Wildman–Crippen MR) is 195 cm³/mol. The monoisotopic (exact) mass is 710 g/mol. The number of carboxylic acids is 1. The van der Waals surface area contributed by atoms with E-state index in [-0.39, 0.29) is 51.8 Å². The van der Waals surface area contributed by atoms with Crippen molar-refractivity contribution >= 4 is 29.1 Å². The van der Waals surface area contributed by atoms with Gasteiger partial charge in [0.2, 0.25) is 0 Å². The number of nitrogens with zero attached hydrogens (tertiary/aromatic N) is 1. The molecule has 1 heterocycles. The van der Waals surface area contributed by atoms with E-state index in [1.54, 1.807) is 25.2 Å². The topological polar surface area (TPSA) is 126 Å². The predicted octanol–water partition coefficient (Wildman–Crippen LogP) is 7.99. The summed E-state index contributed by atoms with van der Waals surface area (Å²) in [7, 11) is 0. The molecule has 0 aliphatic heterocycles. The first kappa shape index (κ1) is 37.7. The highest BCUT2D eigenvalue weighted by atomic mass is 32.1. The zero-order valence-electron chi connectivity index (χ0n) is 32.0. The van der Waals surface area contributed by atoms with Gasteiger partial charge in [-0.3, -0.25) is 19.4 Å². The minimum Gasteiger partial charge on any atom is -0.481 e. The molecule has 5 aliphatic carbocycles. The fourth-order valence-electron chi connectivity index (χ4n) is 12.8. The number of allylic oxidation sites excluding steroid dienone is 1. The minimum atomic E-state index is -1.16. The van der Waals surface area contributed by atoms with Gasteiger partial charge >= 0.3 is 11.9 Å². The van der Waals surface area contributed by atoms with Crippen molar-refractivity contribution in [2.24, 2.45) is 56.2 Å². The fourth-order valence-corrected chi connectivity index (χ4v) is 13.3. The zero-order chi connectivity index (χ0) is 36.7. The van der Waals surface area contributed by atoms with Crippen molar-refractivity contribution in [2.45, 2.75) is 145 Å². The number of carbonyl (C=O) groups excluding carboxylic acids is 2. The van der Waals surface area contributed by atoms with Gasteiger partial charge in [0.1, 0.15) is 6.10 Å². The van der Waals surface area contributed by atoms with E-state index in [0.29, 0.717) is 31.3 Å². The molecule has 0 aromatic carbocycles. The molecule has 278 valence electrons. The Morgan fingerprint density at radius 1 is 1.02 bits per heavy atom. The third-order valence-corrected chi connectivity index (χ3v) is 16.4. The van der Waals surface area contributed by atoms with E-state index < -0.39 is 28.9 Å². The van der Waals surface area contributed by atoms with E-state index in [1.165, 1.54) is 5.57 Å². The van der Waals surface area contributed by atoms with Gasteiger partial charge in [-0.05, 0) is 111 Å². The summed E-state index contributed by atoms with van der Waals surface area (Å²) in [6, 6.07) is 0. The number of ketones is 1. The molecule has 50 heavy (non-hydrogen) atoms. The molecule has 3 N–H and O–H groups in total. The molecule has 0 spiro atoms. The summed E-state index contributed by atoms with van der Waals surface area (Å²) in [6.07, 6.45) is 9.16. The summed E-state index contributed by atoms with van der Waals surface area (Å²) in [5.74, 6) is 0.0929. The Bertz CT molecular complexity index is 1530. The maximum Gasteiger partial charge on any atom is 0.309 e. The van der Waals surface area contributed by atoms with Crippen LogP contribution in [0.4, 0.5) is 0 Å². The first-order valence-electron chi connectivity index (χ1n) is 19.2. The number of carboxylic acid groups (broad SMARTS) is 1. The number of esters is 1. The molecule has 0 saturated heterocycles. The largest absolute Gasteiger partial charge is 0.481 e. The second-order valence-electron chi connectivity index (χ2n) is 19.2. The van der Waals surface area contributed by atoms with Gasteiger partial charge in [0.25, 0.3) is 0 Å². The van der Waals surface area contributed by atoms with Crippen LogP contribution in [0.2, 0.25) is 0 Å². The Morgan fingerprint density at radius 3 is 2.38 bits per heavy atom. The van der Waals surface area contributed by atoms with Gasteiger partial charge in [0, 0.05) is 41.4 Å². The van der Waals surface area contributed by atoms with Crippen molar-refractivity contribution in [2.75, 3.05) is 6.54 Å². The lowest BCUT2D eigenvalue weighted by Crippen LogP contribution is -2.66. The highest BCUT2D eigenvalue weighted by Gasteiger charge is 2.70. The molecule has 0 amide bonds. The zero-order valence-corrected chi connectivity index (χ0v) is 32.8. The van der Waals surface area contributed by atoms with Crippen LogP contribution in [0.15, 0.2) is 22.9 Å². The van der Waals surface area contributed by atoms with Crippen LogP contribution in [0.1, 0.15) is 131 Å². The Labute approximate surface area is 303 Å². The van der Waals surface area contributed by atoms with E-state index in [1.807, 2.05) is 11.7 Å². The number of hydrogen-bond donors (Lipinski definition) is 3. The summed E-state index contributed by atoms with van der Waals surface area (Å²) in [6.45, 7) is 20.8. The minimum absolute atomic E-state index is 0.000845. The molecule has 4 saturated carbocycles. The van der Waals surface area contributed by atoms with Gasteiger partial charge in [0.05, 0.1) is 23.5 Å². The molecule has 0 radical (unpaired) electrons. The Balaban J connectivity index is 1.27. The Kier molecular flexibility index (Phi) is 9.63. The van der Waals surface area contributed by atoms with Crippen LogP contribution >= 0.6 is 11.3 Å². The van der Waals surface area contributed by atoms with Crippen molar-refractivity contribution in [1.29, 1.82) is 0 Å². The second-order valence-corrected chi connectivity index (χ2v) is 20.1. The van der Waals surface area contributed by atoms with E-state index in [0.717, 1.165) is 61.8 Å². The van der Waals surface area contributed by atoms with E-state index >= 15 is 0 Å². The van der Waals surface area contributed by atoms with Gasteiger partial charge in [-0.2, -0.15) is 0 Å². The van der Waals surface area contributed by atoms with E-state index in [9.17, 15) is 24.6 Å². The number of nitrogens with one attached hydrogen (secondary N) is 1. The number of aromatic nitrogens is 1. The number of hydrogen-bond acceptors (Lipinski definition) is 8. The van der Waals surface area contributed by atoms with Crippen LogP contribution in [0.25, 0.3) is 0 Å². The molecule has 5 aliphatic rings. The summed E-state index contributed by atoms with van der Waals surface area (Å²) < 4.78 is 6.16. The second kappa shape index (κ2) is 12.8.